The van der Waals surface area contributed by atoms with Gasteiger partial charge in [0.25, 0.3) is 0 Å². The average molecular weight is 271 g/mol. The molecule has 1 aromatic heterocycles. The van der Waals surface area contributed by atoms with E-state index in [2.05, 4.69) is 22.2 Å². The van der Waals surface area contributed by atoms with Crippen molar-refractivity contribution in [1.29, 1.82) is 0 Å². The molecule has 0 unspecified atom stereocenters. The van der Waals surface area contributed by atoms with Gasteiger partial charge in [0.1, 0.15) is 5.82 Å². The lowest BCUT2D eigenvalue weighted by Crippen LogP contribution is -2.01. The summed E-state index contributed by atoms with van der Waals surface area (Å²) in [5, 5.41) is 3.10. The van der Waals surface area contributed by atoms with Crippen LogP contribution in [0.25, 0.3) is 11.4 Å². The summed E-state index contributed by atoms with van der Waals surface area (Å²) >= 11 is 0. The summed E-state index contributed by atoms with van der Waals surface area (Å²) in [6.45, 7) is 2.78. The maximum Gasteiger partial charge on any atom is 0.161 e. The van der Waals surface area contributed by atoms with Gasteiger partial charge in [-0.1, -0.05) is 37.6 Å². The Kier molecular flexibility index (Phi) is 5.07. The first kappa shape index (κ1) is 14.5. The largest absolute Gasteiger partial charge is 0.380 e. The van der Waals surface area contributed by atoms with Crippen LogP contribution < -0.4 is 5.32 Å². The second-order valence-electron chi connectivity index (χ2n) is 4.70. The van der Waals surface area contributed by atoms with E-state index < -0.39 is 0 Å². The van der Waals surface area contributed by atoms with Crippen LogP contribution in [-0.2, 0) is 17.8 Å². The van der Waals surface area contributed by atoms with Gasteiger partial charge in [0.05, 0.1) is 6.61 Å². The summed E-state index contributed by atoms with van der Waals surface area (Å²) in [7, 11) is 3.58. The molecule has 0 atom stereocenters. The van der Waals surface area contributed by atoms with Gasteiger partial charge in [0.2, 0.25) is 0 Å². The first-order valence-corrected chi connectivity index (χ1v) is 6.90. The van der Waals surface area contributed by atoms with E-state index in [0.717, 1.165) is 41.3 Å². The van der Waals surface area contributed by atoms with Gasteiger partial charge in [-0.05, 0) is 12.0 Å². The zero-order valence-corrected chi connectivity index (χ0v) is 12.3. The molecule has 106 valence electrons. The van der Waals surface area contributed by atoms with Gasteiger partial charge >= 0.3 is 0 Å². The zero-order valence-electron chi connectivity index (χ0n) is 12.3. The third-order valence-electron chi connectivity index (χ3n) is 3.06. The minimum Gasteiger partial charge on any atom is -0.380 e. The molecule has 2 aromatic rings. The van der Waals surface area contributed by atoms with Crippen LogP contribution in [0.3, 0.4) is 0 Å². The highest BCUT2D eigenvalue weighted by Crippen LogP contribution is 2.19. The highest BCUT2D eigenvalue weighted by molar-refractivity contribution is 5.58. The molecular weight excluding hydrogens is 250 g/mol. The molecule has 0 fully saturated rings. The third kappa shape index (κ3) is 3.54. The van der Waals surface area contributed by atoms with Crippen LogP contribution in [0.4, 0.5) is 5.82 Å². The average Bonchev–Trinajstić information content (AvgIpc) is 2.48. The smallest absolute Gasteiger partial charge is 0.161 e. The van der Waals surface area contributed by atoms with Crippen LogP contribution in [0.1, 0.15) is 24.6 Å². The number of aryl methyl sites for hydroxylation is 1. The standard InChI is InChI=1S/C16H21N3O/c1-4-5-14-10-15(17-2)19-16(18-14)13-8-6-12(7-9-13)11-20-3/h6-10H,4-5,11H2,1-3H3,(H,17,18,19). The van der Waals surface area contributed by atoms with Crippen LogP contribution in [0.15, 0.2) is 30.3 Å². The topological polar surface area (TPSA) is 47.0 Å². The zero-order chi connectivity index (χ0) is 14.4. The van der Waals surface area contributed by atoms with Gasteiger partial charge in [0, 0.05) is 31.5 Å². The summed E-state index contributed by atoms with van der Waals surface area (Å²) in [4.78, 5) is 9.16. The Balaban J connectivity index is 2.32. The Morgan fingerprint density at radius 3 is 2.50 bits per heavy atom. The Labute approximate surface area is 120 Å². The van der Waals surface area contributed by atoms with Crippen molar-refractivity contribution in [2.45, 2.75) is 26.4 Å². The van der Waals surface area contributed by atoms with Gasteiger partial charge in [-0.3, -0.25) is 0 Å². The van der Waals surface area contributed by atoms with Gasteiger partial charge in [0.15, 0.2) is 5.82 Å². The van der Waals surface area contributed by atoms with Crippen molar-refractivity contribution in [3.63, 3.8) is 0 Å². The Morgan fingerprint density at radius 2 is 1.90 bits per heavy atom. The summed E-state index contributed by atoms with van der Waals surface area (Å²) in [6.07, 6.45) is 2.04. The predicted molar refractivity (Wildman–Crippen MR) is 81.7 cm³/mol. The maximum absolute atomic E-state index is 5.12. The van der Waals surface area contributed by atoms with Crippen molar-refractivity contribution < 1.29 is 4.74 Å². The highest BCUT2D eigenvalue weighted by Gasteiger charge is 2.06. The lowest BCUT2D eigenvalue weighted by atomic mass is 10.1. The Hall–Kier alpha value is -1.94. The molecule has 0 amide bonds. The van der Waals surface area contributed by atoms with Crippen LogP contribution in [-0.4, -0.2) is 24.1 Å². The monoisotopic (exact) mass is 271 g/mol. The number of ether oxygens (including phenoxy) is 1. The second kappa shape index (κ2) is 7.01. The molecule has 0 radical (unpaired) electrons. The Bertz CT molecular complexity index is 552. The number of rotatable bonds is 6. The number of nitrogens with one attached hydrogen (secondary N) is 1. The van der Waals surface area contributed by atoms with E-state index in [9.17, 15) is 0 Å². The van der Waals surface area contributed by atoms with Gasteiger partial charge < -0.3 is 10.1 Å². The SMILES string of the molecule is CCCc1cc(NC)nc(-c2ccc(COC)cc2)n1. The van der Waals surface area contributed by atoms with E-state index >= 15 is 0 Å². The van der Waals surface area contributed by atoms with Gasteiger partial charge in [-0.15, -0.1) is 0 Å². The van der Waals surface area contributed by atoms with E-state index in [1.54, 1.807) is 7.11 Å². The molecule has 1 aromatic carbocycles. The van der Waals surface area contributed by atoms with E-state index in [4.69, 9.17) is 4.74 Å². The second-order valence-corrected chi connectivity index (χ2v) is 4.70. The van der Waals surface area contributed by atoms with E-state index in [0.29, 0.717) is 6.61 Å². The first-order valence-electron chi connectivity index (χ1n) is 6.90. The molecule has 4 nitrogen and oxygen atoms in total. The fourth-order valence-electron chi connectivity index (χ4n) is 2.06. The summed E-state index contributed by atoms with van der Waals surface area (Å²) < 4.78 is 5.12. The molecule has 0 bridgehead atoms. The molecule has 0 spiro atoms. The molecule has 1 N–H and O–H groups in total. The fraction of sp³-hybridized carbons (Fsp3) is 0.375. The lowest BCUT2D eigenvalue weighted by molar-refractivity contribution is 0.185. The molecule has 0 aliphatic rings. The van der Waals surface area contributed by atoms with Gasteiger partial charge in [-0.25, -0.2) is 9.97 Å². The number of anilines is 1. The van der Waals surface area contributed by atoms with Crippen LogP contribution in [0.5, 0.6) is 0 Å². The van der Waals surface area contributed by atoms with Gasteiger partial charge in [-0.2, -0.15) is 0 Å². The van der Waals surface area contributed by atoms with E-state index in [1.807, 2.05) is 37.4 Å². The lowest BCUT2D eigenvalue weighted by Gasteiger charge is -2.08. The molecular formula is C16H21N3O. The predicted octanol–water partition coefficient (Wildman–Crippen LogP) is 3.28. The van der Waals surface area contributed by atoms with E-state index in [1.165, 1.54) is 0 Å². The molecule has 20 heavy (non-hydrogen) atoms. The minimum absolute atomic E-state index is 0.624. The number of hydrogen-bond donors (Lipinski definition) is 1. The van der Waals surface area contributed by atoms with E-state index in [-0.39, 0.29) is 0 Å². The van der Waals surface area contributed by atoms with Crippen molar-refractivity contribution in [2.24, 2.45) is 0 Å². The normalized spacial score (nSPS) is 10.6. The summed E-state index contributed by atoms with van der Waals surface area (Å²) in [5.41, 5.74) is 3.25. The van der Waals surface area contributed by atoms with Crippen LogP contribution in [0.2, 0.25) is 0 Å². The summed E-state index contributed by atoms with van der Waals surface area (Å²) in [5.74, 6) is 1.63. The van der Waals surface area contributed by atoms with Crippen LogP contribution in [0, 0.1) is 0 Å². The molecule has 0 aliphatic carbocycles. The quantitative estimate of drug-likeness (QED) is 0.875. The third-order valence-corrected chi connectivity index (χ3v) is 3.06. The Morgan fingerprint density at radius 1 is 1.15 bits per heavy atom. The molecule has 0 saturated carbocycles. The molecule has 0 saturated heterocycles. The van der Waals surface area contributed by atoms with Crippen molar-refractivity contribution >= 4 is 5.82 Å². The number of nitrogens with zero attached hydrogens (tertiary/aromatic N) is 2. The number of hydrogen-bond acceptors (Lipinski definition) is 4. The number of aromatic nitrogens is 2. The minimum atomic E-state index is 0.624. The van der Waals surface area contributed by atoms with Crippen LogP contribution >= 0.6 is 0 Å². The summed E-state index contributed by atoms with van der Waals surface area (Å²) in [6, 6.07) is 10.2. The first-order chi connectivity index (χ1) is 9.76. The molecule has 2 rings (SSSR count). The van der Waals surface area contributed by atoms with Crippen molar-refractivity contribution in [3.05, 3.63) is 41.6 Å². The maximum atomic E-state index is 5.12. The van der Waals surface area contributed by atoms with Crippen molar-refractivity contribution in [3.8, 4) is 11.4 Å². The number of methoxy groups -OCH3 is 1. The number of benzene rings is 1. The van der Waals surface area contributed by atoms with Crippen molar-refractivity contribution in [2.75, 3.05) is 19.5 Å². The molecule has 0 aliphatic heterocycles. The highest BCUT2D eigenvalue weighted by atomic mass is 16.5. The molecule has 1 heterocycles. The fourth-order valence-corrected chi connectivity index (χ4v) is 2.06. The molecule has 4 heteroatoms. The van der Waals surface area contributed by atoms with Crippen molar-refractivity contribution in [1.82, 2.24) is 9.97 Å².